The molecule has 0 spiro atoms. The first-order chi connectivity index (χ1) is 3.41. The molecule has 0 saturated heterocycles. The molecule has 0 atom stereocenters. The van der Waals surface area contributed by atoms with E-state index in [4.69, 9.17) is 13.0 Å². The van der Waals surface area contributed by atoms with Gasteiger partial charge in [-0.3, -0.25) is 4.55 Å². The molecular weight excluding hydrogens is 337 g/mol. The molecular formula is C2H7AuClO3S. The third-order valence-corrected chi connectivity index (χ3v) is 0. The van der Waals surface area contributed by atoms with Gasteiger partial charge in [-0.1, -0.05) is 0 Å². The quantitative estimate of drug-likeness (QED) is 0.408. The van der Waals surface area contributed by atoms with E-state index in [9.17, 15) is 0 Å². The maximum absolute atomic E-state index is 8.95. The summed E-state index contributed by atoms with van der Waals surface area (Å²) < 4.78 is 25.2. The van der Waals surface area contributed by atoms with Crippen molar-refractivity contribution in [2.24, 2.45) is 0 Å². The Bertz CT molecular complexity index is 111. The monoisotopic (exact) mass is 343 g/mol. The number of hydrogen-bond donors (Lipinski definition) is 1. The molecule has 0 bridgehead atoms. The molecule has 0 aromatic rings. The molecule has 8 heavy (non-hydrogen) atoms. The third-order valence-electron chi connectivity index (χ3n) is 0. The van der Waals surface area contributed by atoms with Gasteiger partial charge in [0, 0.05) is 10.7 Å². The summed E-state index contributed by atoms with van der Waals surface area (Å²) in [6.45, 7) is 0. The van der Waals surface area contributed by atoms with Gasteiger partial charge >= 0.3 is 39.4 Å². The van der Waals surface area contributed by atoms with Gasteiger partial charge in [-0.05, 0) is 0 Å². The van der Waals surface area contributed by atoms with Crippen molar-refractivity contribution < 1.29 is 32.7 Å². The second-order valence-corrected chi connectivity index (χ2v) is 4.87. The van der Waals surface area contributed by atoms with Crippen molar-refractivity contribution in [1.29, 1.82) is 0 Å². The van der Waals surface area contributed by atoms with Gasteiger partial charge in [0.15, 0.2) is 0 Å². The molecule has 0 unspecified atom stereocenters. The number of rotatable bonds is 0. The molecule has 0 rings (SSSR count). The van der Waals surface area contributed by atoms with Crippen LogP contribution in [0.4, 0.5) is 0 Å². The Balaban J connectivity index is 0. The van der Waals surface area contributed by atoms with Crippen LogP contribution in [0.1, 0.15) is 0 Å². The summed E-state index contributed by atoms with van der Waals surface area (Å²) in [5.41, 5.74) is 0. The van der Waals surface area contributed by atoms with Crippen molar-refractivity contribution in [3.8, 4) is 0 Å². The van der Waals surface area contributed by atoms with Gasteiger partial charge in [0.05, 0.1) is 0 Å². The first-order valence-corrected chi connectivity index (χ1v) is 7.87. The van der Waals surface area contributed by atoms with E-state index in [0.717, 1.165) is 0 Å². The van der Waals surface area contributed by atoms with E-state index in [1.165, 1.54) is 0 Å². The molecule has 0 radical (unpaired) electrons. The van der Waals surface area contributed by atoms with Crippen LogP contribution >= 0.6 is 10.7 Å². The van der Waals surface area contributed by atoms with E-state index >= 15 is 0 Å². The predicted octanol–water partition coefficient (Wildman–Crippen LogP) is 1.19. The van der Waals surface area contributed by atoms with Gasteiger partial charge in [0.25, 0.3) is 0 Å². The zero-order valence-corrected chi connectivity index (χ0v) is 8.09. The fourth-order valence-electron chi connectivity index (χ4n) is 0. The van der Waals surface area contributed by atoms with Crippen LogP contribution in [0.15, 0.2) is 0 Å². The Hall–Kier alpha value is 0.940. The summed E-state index contributed by atoms with van der Waals surface area (Å²) in [4.78, 5) is 0. The van der Waals surface area contributed by atoms with Gasteiger partial charge in [-0.15, -0.1) is 0 Å². The second kappa shape index (κ2) is 6.07. The molecule has 0 amide bonds. The van der Waals surface area contributed by atoms with Crippen molar-refractivity contribution in [3.05, 3.63) is 0 Å². The van der Waals surface area contributed by atoms with Gasteiger partial charge in [-0.2, -0.15) is 8.42 Å². The molecule has 0 aliphatic carbocycles. The van der Waals surface area contributed by atoms with Crippen LogP contribution in [0.25, 0.3) is 0 Å². The SMILES string of the molecule is O=S(=O)(O)Cl.[CH3][Au][CH3]. The predicted molar refractivity (Wildman–Crippen MR) is 29.1 cm³/mol. The van der Waals surface area contributed by atoms with Crippen LogP contribution in [-0.2, 0) is 29.1 Å². The minimum atomic E-state index is -4.19. The van der Waals surface area contributed by atoms with E-state index in [-0.39, 0.29) is 0 Å². The Labute approximate surface area is 63.0 Å². The standard InChI is InChI=1S/2CH3.Au.ClHO3S/c;;;1-5(2,3)4/h2*1H3;;(H,2,3,4). The Morgan fingerprint density at radius 2 is 1.50 bits per heavy atom. The molecule has 0 aromatic carbocycles. The molecule has 0 aromatic heterocycles. The summed E-state index contributed by atoms with van der Waals surface area (Å²) in [6.07, 6.45) is 0. The zero-order chi connectivity index (χ0) is 7.21. The van der Waals surface area contributed by atoms with E-state index in [1.807, 2.05) is 0 Å². The van der Waals surface area contributed by atoms with Crippen molar-refractivity contribution in [2.75, 3.05) is 0 Å². The second-order valence-electron chi connectivity index (χ2n) is 0.714. The molecule has 0 saturated carbocycles. The summed E-state index contributed by atoms with van der Waals surface area (Å²) in [5, 5.41) is 4.44. The fraction of sp³-hybridized carbons (Fsp3) is 1.00. The molecule has 0 heterocycles. The topological polar surface area (TPSA) is 54.4 Å². The summed E-state index contributed by atoms with van der Waals surface area (Å²) in [6, 6.07) is 0. The van der Waals surface area contributed by atoms with E-state index in [0.29, 0.717) is 19.8 Å². The average Bonchev–Trinajstić information content (AvgIpc) is 1.27. The maximum atomic E-state index is 8.95. The Kier molecular flexibility index (Phi) is 8.87. The van der Waals surface area contributed by atoms with Crippen LogP contribution in [0.3, 0.4) is 0 Å². The minimum absolute atomic E-state index is 0.667. The third kappa shape index (κ3) is 277. The Morgan fingerprint density at radius 3 is 1.50 bits per heavy atom. The van der Waals surface area contributed by atoms with Crippen LogP contribution in [0, 0.1) is 0 Å². The molecule has 57 valence electrons. The van der Waals surface area contributed by atoms with Crippen molar-refractivity contribution in [2.45, 2.75) is 10.3 Å². The van der Waals surface area contributed by atoms with Crippen molar-refractivity contribution >= 4 is 20.0 Å². The van der Waals surface area contributed by atoms with Gasteiger partial charge in [0.1, 0.15) is 0 Å². The summed E-state index contributed by atoms with van der Waals surface area (Å²) >= 11 is 0.667. The van der Waals surface area contributed by atoms with E-state index in [2.05, 4.69) is 21.0 Å². The van der Waals surface area contributed by atoms with Gasteiger partial charge in [-0.25, -0.2) is 0 Å². The fourth-order valence-corrected chi connectivity index (χ4v) is 0. The Morgan fingerprint density at radius 1 is 1.50 bits per heavy atom. The van der Waals surface area contributed by atoms with Crippen LogP contribution in [-0.4, -0.2) is 13.0 Å². The van der Waals surface area contributed by atoms with Crippen LogP contribution in [0.5, 0.6) is 0 Å². The summed E-state index contributed by atoms with van der Waals surface area (Å²) in [5.74, 6) is 0. The number of halogens is 1. The molecule has 3 nitrogen and oxygen atoms in total. The molecule has 0 fully saturated rings. The van der Waals surface area contributed by atoms with Gasteiger partial charge in [0.2, 0.25) is 0 Å². The average molecular weight is 344 g/mol. The number of hydrogen-bond acceptors (Lipinski definition) is 2. The van der Waals surface area contributed by atoms with Crippen LogP contribution in [0.2, 0.25) is 10.3 Å². The molecule has 1 N–H and O–H groups in total. The van der Waals surface area contributed by atoms with E-state index < -0.39 is 9.33 Å². The molecule has 0 aliphatic rings. The molecule has 6 heteroatoms. The van der Waals surface area contributed by atoms with E-state index in [1.54, 1.807) is 0 Å². The first-order valence-electron chi connectivity index (χ1n) is 1.27. The van der Waals surface area contributed by atoms with Crippen LogP contribution < -0.4 is 0 Å². The summed E-state index contributed by atoms with van der Waals surface area (Å²) in [7, 11) is -0.137. The van der Waals surface area contributed by atoms with Crippen molar-refractivity contribution in [3.63, 3.8) is 0 Å². The first kappa shape index (κ1) is 11.7. The molecule has 0 aliphatic heterocycles. The normalized spacial score (nSPS) is 10.0. The van der Waals surface area contributed by atoms with Gasteiger partial charge < -0.3 is 0 Å². The van der Waals surface area contributed by atoms with Crippen molar-refractivity contribution in [1.82, 2.24) is 0 Å². The zero-order valence-electron chi connectivity index (χ0n) is 4.35.